The minimum atomic E-state index is -0.768. The Morgan fingerprint density at radius 3 is 2.53 bits per heavy atom. The van der Waals surface area contributed by atoms with Gasteiger partial charge in [0.15, 0.2) is 5.78 Å². The van der Waals surface area contributed by atoms with Gasteiger partial charge in [0.25, 0.3) is 0 Å². The van der Waals surface area contributed by atoms with Gasteiger partial charge >= 0.3 is 0 Å². The van der Waals surface area contributed by atoms with Crippen LogP contribution in [-0.4, -0.2) is 60.4 Å². The van der Waals surface area contributed by atoms with Gasteiger partial charge in [-0.05, 0) is 42.3 Å². The van der Waals surface area contributed by atoms with Gasteiger partial charge in [0, 0.05) is 47.4 Å². The van der Waals surface area contributed by atoms with Crippen LogP contribution in [0.4, 0.5) is 0 Å². The van der Waals surface area contributed by atoms with Crippen molar-refractivity contribution in [3.05, 3.63) is 63.3 Å². The van der Waals surface area contributed by atoms with Crippen LogP contribution in [0.1, 0.15) is 47.4 Å². The fourth-order valence-corrected chi connectivity index (χ4v) is 4.83. The maximum Gasteiger partial charge on any atom is 0.195 e. The number of aromatic nitrogens is 1. The molecule has 0 aliphatic heterocycles. The molecule has 1 aliphatic rings. The molecule has 8 heteroatoms. The highest BCUT2D eigenvalue weighted by Crippen LogP contribution is 2.46. The fourth-order valence-electron chi connectivity index (χ4n) is 4.48. The van der Waals surface area contributed by atoms with Gasteiger partial charge in [0.05, 0.1) is 23.7 Å². The van der Waals surface area contributed by atoms with E-state index >= 15 is 0 Å². The number of fused-ring (bicyclic) bond motifs is 4. The molecule has 0 saturated heterocycles. The monoisotopic (exact) mass is 531 g/mol. The van der Waals surface area contributed by atoms with E-state index in [0.717, 1.165) is 32.9 Å². The number of nitrogens with zero attached hydrogens (tertiary/aromatic N) is 1. The molecular weight excluding hydrogens is 502 g/mol. The normalized spacial score (nSPS) is 14.6. The summed E-state index contributed by atoms with van der Waals surface area (Å²) in [6.45, 7) is 4.17. The number of ether oxygens (including phenoxy) is 2. The van der Waals surface area contributed by atoms with Crippen molar-refractivity contribution in [3.63, 3.8) is 0 Å². The van der Waals surface area contributed by atoms with Crippen molar-refractivity contribution in [3.8, 4) is 5.75 Å². The first kappa shape index (κ1) is 26.1. The van der Waals surface area contributed by atoms with Crippen LogP contribution in [0.15, 0.2) is 40.9 Å². The fraction of sp³-hybridized carbons (Fsp3) is 0.385. The molecule has 3 aromatic rings. The van der Waals surface area contributed by atoms with E-state index in [-0.39, 0.29) is 32.0 Å². The summed E-state index contributed by atoms with van der Waals surface area (Å²) in [5.41, 5.74) is 3.14. The van der Waals surface area contributed by atoms with Crippen molar-refractivity contribution >= 4 is 38.9 Å². The first-order valence-corrected chi connectivity index (χ1v) is 11.8. The molecule has 7 nitrogen and oxygen atoms in total. The maximum atomic E-state index is 13.6. The molecule has 0 radical (unpaired) electrons. The number of hydrogen-bond donors (Lipinski definition) is 2. The largest absolute Gasteiger partial charge is 0.491 e. The Hall–Kier alpha value is -2.52. The van der Waals surface area contributed by atoms with Crippen LogP contribution in [0.3, 0.4) is 0 Å². The summed E-state index contributed by atoms with van der Waals surface area (Å²) in [7, 11) is 3.25. The predicted molar refractivity (Wildman–Crippen MR) is 134 cm³/mol. The second-order valence-corrected chi connectivity index (χ2v) is 9.62. The highest BCUT2D eigenvalue weighted by molar-refractivity contribution is 9.10. The predicted octanol–water partition coefficient (Wildman–Crippen LogP) is 3.86. The lowest BCUT2D eigenvalue weighted by atomic mass is 9.71. The number of benzene rings is 2. The van der Waals surface area contributed by atoms with Gasteiger partial charge in [-0.15, -0.1) is 0 Å². The van der Waals surface area contributed by atoms with Crippen LogP contribution in [0.2, 0.25) is 0 Å². The Labute approximate surface area is 207 Å². The third-order valence-corrected chi connectivity index (χ3v) is 6.41. The number of ketones is 1. The van der Waals surface area contributed by atoms with Crippen molar-refractivity contribution in [2.24, 2.45) is 0 Å². The minimum Gasteiger partial charge on any atom is -0.491 e. The molecule has 1 heterocycles. The van der Waals surface area contributed by atoms with Crippen molar-refractivity contribution in [1.82, 2.24) is 4.57 Å². The summed E-state index contributed by atoms with van der Waals surface area (Å²) in [6, 6.07) is 11.1. The number of aldehydes is 1. The van der Waals surface area contributed by atoms with Crippen LogP contribution in [0.25, 0.3) is 10.9 Å². The lowest BCUT2D eigenvalue weighted by Gasteiger charge is -2.34. The topological polar surface area (TPSA) is 98.0 Å². The first-order chi connectivity index (χ1) is 16.2. The first-order valence-electron chi connectivity index (χ1n) is 11.0. The van der Waals surface area contributed by atoms with Gasteiger partial charge in [0.2, 0.25) is 0 Å². The number of carbonyl (C=O) groups excluding carboxylic acids is 2. The van der Waals surface area contributed by atoms with E-state index < -0.39 is 11.5 Å². The second kappa shape index (κ2) is 10.8. The zero-order chi connectivity index (χ0) is 25.0. The molecule has 0 fully saturated rings. The molecule has 0 unspecified atom stereocenters. The molecule has 1 aliphatic carbocycles. The van der Waals surface area contributed by atoms with Crippen molar-refractivity contribution in [2.75, 3.05) is 27.4 Å². The summed E-state index contributed by atoms with van der Waals surface area (Å²) >= 11 is 3.49. The number of aliphatic hydroxyl groups excluding tert-OH is 2. The zero-order valence-corrected chi connectivity index (χ0v) is 21.4. The number of methoxy groups -OCH3 is 1. The van der Waals surface area contributed by atoms with E-state index in [1.165, 1.54) is 0 Å². The van der Waals surface area contributed by atoms with E-state index in [4.69, 9.17) is 9.84 Å². The molecule has 4 rings (SSSR count). The molecule has 2 aromatic carbocycles. The smallest absolute Gasteiger partial charge is 0.195 e. The number of rotatable bonds is 7. The standard InChI is InChI=1S/C24H24BrNO5.C2H6O/c1-24(2)19-12-16(31-13-15(29)7-9-27)4-6-17(19)22(30)21-18-5-3-14(25)11-20(18)26(8-10-28)23(21)24;1-3-2/h3-6,10-12,15,27,29H,7-9,13H2,1-2H3;1-2H3/t15-;/m0./s1. The van der Waals surface area contributed by atoms with Crippen molar-refractivity contribution in [2.45, 2.75) is 38.3 Å². The Bertz CT molecular complexity index is 1200. The number of hydrogen-bond acceptors (Lipinski definition) is 6. The van der Waals surface area contributed by atoms with Crippen molar-refractivity contribution < 1.29 is 29.3 Å². The Morgan fingerprint density at radius 2 is 1.88 bits per heavy atom. The van der Waals surface area contributed by atoms with E-state index in [1.807, 2.05) is 42.7 Å². The third kappa shape index (κ3) is 4.81. The number of aliphatic hydroxyl groups is 2. The van der Waals surface area contributed by atoms with Crippen LogP contribution in [-0.2, 0) is 21.5 Å². The summed E-state index contributed by atoms with van der Waals surface area (Å²) in [5.74, 6) is 0.467. The molecule has 34 heavy (non-hydrogen) atoms. The molecule has 0 amide bonds. The molecule has 182 valence electrons. The van der Waals surface area contributed by atoms with E-state index in [0.29, 0.717) is 16.9 Å². The highest BCUT2D eigenvalue weighted by atomic mass is 79.9. The van der Waals surface area contributed by atoms with Gasteiger partial charge < -0.3 is 29.0 Å². The molecule has 2 N–H and O–H groups in total. The SMILES string of the molecule is CC1(C)c2cc(OC[C@@H](O)CCO)ccc2C(=O)c2c1n(CC=O)c1cc(Br)ccc21.COC. The molecule has 0 bridgehead atoms. The quantitative estimate of drug-likeness (QED) is 0.449. The molecule has 1 aromatic heterocycles. The van der Waals surface area contributed by atoms with Gasteiger partial charge in [-0.25, -0.2) is 0 Å². The Kier molecular flexibility index (Phi) is 8.30. The highest BCUT2D eigenvalue weighted by Gasteiger charge is 2.41. The molecular formula is C26H30BrNO6. The summed E-state index contributed by atoms with van der Waals surface area (Å²) in [6.07, 6.45) is 0.314. The number of halogens is 1. The second-order valence-electron chi connectivity index (χ2n) is 8.71. The lowest BCUT2D eigenvalue weighted by molar-refractivity contribution is -0.108. The number of carbonyl (C=O) groups is 2. The summed E-state index contributed by atoms with van der Waals surface area (Å²) < 4.78 is 12.8. The van der Waals surface area contributed by atoms with E-state index in [1.54, 1.807) is 26.4 Å². The van der Waals surface area contributed by atoms with Crippen LogP contribution in [0.5, 0.6) is 5.75 Å². The van der Waals surface area contributed by atoms with Crippen LogP contribution >= 0.6 is 15.9 Å². The Morgan fingerprint density at radius 1 is 1.18 bits per heavy atom. The average molecular weight is 532 g/mol. The zero-order valence-electron chi connectivity index (χ0n) is 19.8. The molecule has 0 saturated carbocycles. The van der Waals surface area contributed by atoms with Crippen LogP contribution < -0.4 is 4.74 Å². The molecule has 1 atom stereocenters. The van der Waals surface area contributed by atoms with Gasteiger partial charge in [-0.2, -0.15) is 0 Å². The van der Waals surface area contributed by atoms with Crippen LogP contribution in [0, 0.1) is 0 Å². The average Bonchev–Trinajstić information content (AvgIpc) is 3.12. The van der Waals surface area contributed by atoms with E-state index in [9.17, 15) is 14.7 Å². The van der Waals surface area contributed by atoms with Crippen molar-refractivity contribution in [1.29, 1.82) is 0 Å². The third-order valence-electron chi connectivity index (χ3n) is 5.92. The van der Waals surface area contributed by atoms with Gasteiger partial charge in [0.1, 0.15) is 18.6 Å². The van der Waals surface area contributed by atoms with Gasteiger partial charge in [-0.3, -0.25) is 4.79 Å². The summed E-state index contributed by atoms with van der Waals surface area (Å²) in [5, 5.41) is 19.6. The Balaban J connectivity index is 0.00000103. The summed E-state index contributed by atoms with van der Waals surface area (Å²) in [4.78, 5) is 25.1. The molecule has 0 spiro atoms. The maximum absolute atomic E-state index is 13.6. The van der Waals surface area contributed by atoms with Gasteiger partial charge in [-0.1, -0.05) is 35.8 Å². The minimum absolute atomic E-state index is 0.0540. The lowest BCUT2D eigenvalue weighted by Crippen LogP contribution is -2.32. The van der Waals surface area contributed by atoms with E-state index in [2.05, 4.69) is 20.7 Å².